The fourth-order valence-electron chi connectivity index (χ4n) is 3.38. The van der Waals surface area contributed by atoms with Crippen LogP contribution < -0.4 is 4.72 Å². The summed E-state index contributed by atoms with van der Waals surface area (Å²) in [5.74, 6) is 0. The predicted octanol–water partition coefficient (Wildman–Crippen LogP) is 1.89. The molecule has 1 N–H and O–H groups in total. The molecule has 3 rings (SSSR count). The number of nitrogens with one attached hydrogen (secondary N) is 1. The topological polar surface area (TPSA) is 73.2 Å². The Hall–Kier alpha value is -1.70. The van der Waals surface area contributed by atoms with Crippen molar-refractivity contribution in [2.45, 2.75) is 37.3 Å². The second kappa shape index (κ2) is 6.31. The Morgan fingerprint density at radius 1 is 1.38 bits per heavy atom. The largest absolute Gasteiger partial charge is 0.369 e. The van der Waals surface area contributed by atoms with Crippen LogP contribution in [0.5, 0.6) is 0 Å². The van der Waals surface area contributed by atoms with Crippen LogP contribution in [0.25, 0.3) is 0 Å². The van der Waals surface area contributed by atoms with Crippen LogP contribution in [0, 0.1) is 6.92 Å². The molecule has 1 aromatic heterocycles. The standard InChI is InChI=1S/C17H23N3O3S/c1-4-17(15-8-6-5-7-14(15)9-10-23-17)12-19-24(21,22)16-13(2)11-18-20(16)3/h5-8,11,19H,4,9-10,12H2,1-3H3/t17-/m0/s1. The van der Waals surface area contributed by atoms with Crippen molar-refractivity contribution in [1.29, 1.82) is 0 Å². The van der Waals surface area contributed by atoms with Crippen LogP contribution in [0.4, 0.5) is 0 Å². The molecular formula is C17H23N3O3S. The van der Waals surface area contributed by atoms with Gasteiger partial charge in [-0.15, -0.1) is 0 Å². The summed E-state index contributed by atoms with van der Waals surface area (Å²) in [5, 5.41) is 4.21. The van der Waals surface area contributed by atoms with Crippen molar-refractivity contribution in [1.82, 2.24) is 14.5 Å². The molecule has 0 fully saturated rings. The van der Waals surface area contributed by atoms with Crippen molar-refractivity contribution < 1.29 is 13.2 Å². The number of hydrogen-bond donors (Lipinski definition) is 1. The number of aryl methyl sites for hydroxylation is 2. The molecular weight excluding hydrogens is 326 g/mol. The molecule has 0 spiro atoms. The van der Waals surface area contributed by atoms with Gasteiger partial charge >= 0.3 is 0 Å². The van der Waals surface area contributed by atoms with E-state index in [-0.39, 0.29) is 11.6 Å². The smallest absolute Gasteiger partial charge is 0.258 e. The number of nitrogens with zero attached hydrogens (tertiary/aromatic N) is 2. The van der Waals surface area contributed by atoms with Crippen molar-refractivity contribution in [3.63, 3.8) is 0 Å². The molecule has 1 aliphatic rings. The summed E-state index contributed by atoms with van der Waals surface area (Å²) in [5.41, 5.74) is 2.29. The third kappa shape index (κ3) is 2.87. The first kappa shape index (κ1) is 17.1. The number of ether oxygens (including phenoxy) is 1. The Balaban J connectivity index is 1.91. The quantitative estimate of drug-likeness (QED) is 0.895. The van der Waals surface area contributed by atoms with Gasteiger partial charge in [-0.1, -0.05) is 31.2 Å². The Morgan fingerprint density at radius 2 is 2.12 bits per heavy atom. The first-order chi connectivity index (χ1) is 11.4. The van der Waals surface area contributed by atoms with Gasteiger partial charge in [-0.25, -0.2) is 13.1 Å². The van der Waals surface area contributed by atoms with Crippen molar-refractivity contribution in [3.05, 3.63) is 47.2 Å². The lowest BCUT2D eigenvalue weighted by atomic mass is 9.84. The second-order valence-corrected chi connectivity index (χ2v) is 7.87. The van der Waals surface area contributed by atoms with Crippen LogP contribution in [0.1, 0.15) is 30.0 Å². The maximum atomic E-state index is 12.7. The zero-order chi connectivity index (χ0) is 17.4. The molecule has 0 unspecified atom stereocenters. The Labute approximate surface area is 142 Å². The number of rotatable bonds is 5. The molecule has 0 radical (unpaired) electrons. The van der Waals surface area contributed by atoms with E-state index in [4.69, 9.17) is 4.74 Å². The van der Waals surface area contributed by atoms with Crippen LogP contribution in [0.15, 0.2) is 35.5 Å². The minimum Gasteiger partial charge on any atom is -0.369 e. The van der Waals surface area contributed by atoms with E-state index in [1.54, 1.807) is 20.2 Å². The van der Waals surface area contributed by atoms with Gasteiger partial charge in [-0.2, -0.15) is 5.10 Å². The average Bonchev–Trinajstić information content (AvgIpc) is 2.92. The van der Waals surface area contributed by atoms with Gasteiger partial charge in [-0.3, -0.25) is 4.68 Å². The highest BCUT2D eigenvalue weighted by Crippen LogP contribution is 2.35. The third-order valence-electron chi connectivity index (χ3n) is 4.69. The number of fused-ring (bicyclic) bond motifs is 1. The number of hydrogen-bond acceptors (Lipinski definition) is 4. The van der Waals surface area contributed by atoms with E-state index in [1.165, 1.54) is 10.2 Å². The highest BCUT2D eigenvalue weighted by atomic mass is 32.2. The zero-order valence-electron chi connectivity index (χ0n) is 14.2. The normalized spacial score (nSPS) is 20.8. The van der Waals surface area contributed by atoms with Gasteiger partial charge in [-0.05, 0) is 30.9 Å². The Bertz CT molecular complexity index is 825. The molecule has 0 amide bonds. The van der Waals surface area contributed by atoms with Crippen LogP contribution in [0.2, 0.25) is 0 Å². The summed E-state index contributed by atoms with van der Waals surface area (Å²) in [4.78, 5) is 0. The van der Waals surface area contributed by atoms with E-state index < -0.39 is 15.6 Å². The van der Waals surface area contributed by atoms with Gasteiger partial charge in [0, 0.05) is 19.2 Å². The lowest BCUT2D eigenvalue weighted by Gasteiger charge is -2.38. The molecule has 0 saturated heterocycles. The van der Waals surface area contributed by atoms with Gasteiger partial charge in [0.1, 0.15) is 5.60 Å². The first-order valence-corrected chi connectivity index (χ1v) is 9.58. The minimum atomic E-state index is -3.66. The molecule has 2 heterocycles. The summed E-state index contributed by atoms with van der Waals surface area (Å²) >= 11 is 0. The molecule has 1 atom stereocenters. The molecule has 0 saturated carbocycles. The fourth-order valence-corrected chi connectivity index (χ4v) is 4.81. The maximum absolute atomic E-state index is 12.7. The minimum absolute atomic E-state index is 0.192. The number of aromatic nitrogens is 2. The molecule has 1 aromatic carbocycles. The summed E-state index contributed by atoms with van der Waals surface area (Å²) in [7, 11) is -2.03. The van der Waals surface area contributed by atoms with Gasteiger partial charge in [0.25, 0.3) is 10.0 Å². The number of benzene rings is 1. The summed E-state index contributed by atoms with van der Waals surface area (Å²) < 4.78 is 35.6. The molecule has 24 heavy (non-hydrogen) atoms. The van der Waals surface area contributed by atoms with Gasteiger partial charge in [0.15, 0.2) is 5.03 Å². The van der Waals surface area contributed by atoms with Crippen molar-refractivity contribution in [2.24, 2.45) is 7.05 Å². The molecule has 0 bridgehead atoms. The fraction of sp³-hybridized carbons (Fsp3) is 0.471. The Morgan fingerprint density at radius 3 is 2.79 bits per heavy atom. The first-order valence-electron chi connectivity index (χ1n) is 8.10. The van der Waals surface area contributed by atoms with Crippen molar-refractivity contribution in [3.8, 4) is 0 Å². The van der Waals surface area contributed by atoms with E-state index in [2.05, 4.69) is 15.9 Å². The molecule has 1 aliphatic heterocycles. The van der Waals surface area contributed by atoms with E-state index in [0.717, 1.165) is 12.0 Å². The monoisotopic (exact) mass is 349 g/mol. The molecule has 2 aromatic rings. The van der Waals surface area contributed by atoms with Crippen LogP contribution >= 0.6 is 0 Å². The van der Waals surface area contributed by atoms with Crippen molar-refractivity contribution in [2.75, 3.05) is 13.2 Å². The lowest BCUT2D eigenvalue weighted by Crippen LogP contribution is -2.45. The highest BCUT2D eigenvalue weighted by Gasteiger charge is 2.37. The van der Waals surface area contributed by atoms with Gasteiger partial charge in [0.2, 0.25) is 0 Å². The predicted molar refractivity (Wildman–Crippen MR) is 91.2 cm³/mol. The highest BCUT2D eigenvalue weighted by molar-refractivity contribution is 7.89. The number of sulfonamides is 1. The Kier molecular flexibility index (Phi) is 4.50. The third-order valence-corrected chi connectivity index (χ3v) is 6.31. The summed E-state index contributed by atoms with van der Waals surface area (Å²) in [6.45, 7) is 4.56. The molecule has 7 heteroatoms. The summed E-state index contributed by atoms with van der Waals surface area (Å²) in [6.07, 6.45) is 3.10. The van der Waals surface area contributed by atoms with Crippen LogP contribution in [-0.2, 0) is 33.8 Å². The van der Waals surface area contributed by atoms with E-state index in [9.17, 15) is 8.42 Å². The SMILES string of the molecule is CC[C@@]1(CNS(=O)(=O)c2c(C)cnn2C)OCCc2ccccc21. The van der Waals surface area contributed by atoms with E-state index >= 15 is 0 Å². The second-order valence-electron chi connectivity index (χ2n) is 6.18. The zero-order valence-corrected chi connectivity index (χ0v) is 15.1. The van der Waals surface area contributed by atoms with Gasteiger partial charge < -0.3 is 4.74 Å². The average molecular weight is 349 g/mol. The molecule has 6 nitrogen and oxygen atoms in total. The van der Waals surface area contributed by atoms with Crippen LogP contribution in [0.3, 0.4) is 0 Å². The lowest BCUT2D eigenvalue weighted by molar-refractivity contribution is -0.0587. The van der Waals surface area contributed by atoms with E-state index in [0.29, 0.717) is 18.6 Å². The maximum Gasteiger partial charge on any atom is 0.258 e. The summed E-state index contributed by atoms with van der Waals surface area (Å²) in [6, 6.07) is 8.09. The van der Waals surface area contributed by atoms with Crippen molar-refractivity contribution >= 4 is 10.0 Å². The molecule has 130 valence electrons. The van der Waals surface area contributed by atoms with Crippen LogP contribution in [-0.4, -0.2) is 31.3 Å². The van der Waals surface area contributed by atoms with E-state index in [1.807, 2.05) is 25.1 Å². The molecule has 0 aliphatic carbocycles. The van der Waals surface area contributed by atoms with Gasteiger partial charge in [0.05, 0.1) is 12.8 Å².